The van der Waals surface area contributed by atoms with Crippen molar-refractivity contribution in [1.82, 2.24) is 0 Å². The van der Waals surface area contributed by atoms with Crippen molar-refractivity contribution in [2.75, 3.05) is 12.4 Å². The van der Waals surface area contributed by atoms with Gasteiger partial charge in [0.15, 0.2) is 11.6 Å². The average Bonchev–Trinajstić information content (AvgIpc) is 2.59. The first-order valence-electron chi connectivity index (χ1n) is 6.98. The molecule has 24 heavy (non-hydrogen) atoms. The summed E-state index contributed by atoms with van der Waals surface area (Å²) in [4.78, 5) is 0. The third kappa shape index (κ3) is 2.51. The van der Waals surface area contributed by atoms with E-state index in [0.29, 0.717) is 33.0 Å². The number of anilines is 2. The summed E-state index contributed by atoms with van der Waals surface area (Å²) in [6.45, 7) is 1.41. The van der Waals surface area contributed by atoms with Crippen LogP contribution in [-0.2, 0) is 0 Å². The van der Waals surface area contributed by atoms with Gasteiger partial charge in [-0.1, -0.05) is 0 Å². The zero-order valence-corrected chi connectivity index (χ0v) is 12.8. The lowest BCUT2D eigenvalue weighted by molar-refractivity contribution is -0.623. The predicted octanol–water partition coefficient (Wildman–Crippen LogP) is 2.45. The Labute approximate surface area is 135 Å². The number of nitrogens with zero attached hydrogens (tertiary/aromatic N) is 2. The molecule has 0 unspecified atom stereocenters. The van der Waals surface area contributed by atoms with Gasteiger partial charge in [0.1, 0.15) is 11.4 Å². The number of rotatable bonds is 3. The molecule has 3 aromatic rings. The molecule has 1 N–H and O–H groups in total. The molecule has 124 valence electrons. The first-order valence-corrected chi connectivity index (χ1v) is 6.98. The number of halogens is 2. The zero-order valence-electron chi connectivity index (χ0n) is 12.8. The zero-order chi connectivity index (χ0) is 17.4. The Balaban J connectivity index is 2.15. The molecule has 8 heteroatoms. The second-order valence-electron chi connectivity index (χ2n) is 5.13. The van der Waals surface area contributed by atoms with E-state index < -0.39 is 11.6 Å². The van der Waals surface area contributed by atoms with Crippen LogP contribution in [-0.4, -0.2) is 7.11 Å². The summed E-state index contributed by atoms with van der Waals surface area (Å²) in [6.07, 6.45) is 0. The highest BCUT2D eigenvalue weighted by atomic mass is 19.2. The number of benzene rings is 2. The van der Waals surface area contributed by atoms with Crippen molar-refractivity contribution < 1.29 is 23.0 Å². The van der Waals surface area contributed by atoms with Gasteiger partial charge < -0.3 is 15.2 Å². The van der Waals surface area contributed by atoms with Crippen LogP contribution in [0.4, 0.5) is 20.3 Å². The number of aromatic nitrogens is 2. The van der Waals surface area contributed by atoms with Crippen molar-refractivity contribution in [3.05, 3.63) is 64.1 Å². The highest BCUT2D eigenvalue weighted by Gasteiger charge is 2.25. The fraction of sp³-hybridized carbons (Fsp3) is 0.125. The van der Waals surface area contributed by atoms with Gasteiger partial charge in [0.2, 0.25) is 5.52 Å². The van der Waals surface area contributed by atoms with Gasteiger partial charge in [-0.3, -0.25) is 0 Å². The first-order chi connectivity index (χ1) is 11.4. The topological polar surface area (TPSA) is 75.1 Å². The Kier molecular flexibility index (Phi) is 3.80. The Morgan fingerprint density at radius 3 is 2.04 bits per heavy atom. The maximum Gasteiger partial charge on any atom is 0.352 e. The minimum Gasteiger partial charge on any atom is -0.710 e. The van der Waals surface area contributed by atoms with Crippen LogP contribution in [0.15, 0.2) is 36.4 Å². The normalized spacial score (nSPS) is 10.8. The standard InChI is InChI=1S/C16H13F2N3O3/c1-9-16(19-10-3-5-11(24-2)6-4-10)21(23)15-8-13(18)12(17)7-14(15)20(9)22/h3-8,19H,1-2H3. The molecular weight excluding hydrogens is 320 g/mol. The van der Waals surface area contributed by atoms with Crippen LogP contribution in [0.25, 0.3) is 11.0 Å². The lowest BCUT2D eigenvalue weighted by Gasteiger charge is -2.14. The Hall–Kier alpha value is -3.16. The van der Waals surface area contributed by atoms with Crippen molar-refractivity contribution in [2.45, 2.75) is 6.92 Å². The minimum absolute atomic E-state index is 0.0272. The van der Waals surface area contributed by atoms with E-state index in [1.165, 1.54) is 14.0 Å². The number of methoxy groups -OCH3 is 1. The van der Waals surface area contributed by atoms with E-state index in [1.54, 1.807) is 24.3 Å². The van der Waals surface area contributed by atoms with Crippen molar-refractivity contribution in [3.8, 4) is 5.75 Å². The number of fused-ring (bicyclic) bond motifs is 1. The lowest BCUT2D eigenvalue weighted by Crippen LogP contribution is -2.43. The van der Waals surface area contributed by atoms with Crippen molar-refractivity contribution in [2.24, 2.45) is 0 Å². The van der Waals surface area contributed by atoms with Crippen LogP contribution in [0.5, 0.6) is 5.75 Å². The molecule has 0 bridgehead atoms. The lowest BCUT2D eigenvalue weighted by atomic mass is 10.2. The Bertz CT molecular complexity index is 930. The van der Waals surface area contributed by atoms with Gasteiger partial charge in [0.05, 0.1) is 13.2 Å². The van der Waals surface area contributed by atoms with E-state index in [1.807, 2.05) is 0 Å². The van der Waals surface area contributed by atoms with Gasteiger partial charge >= 0.3 is 5.82 Å². The molecule has 0 amide bonds. The summed E-state index contributed by atoms with van der Waals surface area (Å²) < 4.78 is 32.6. The molecule has 0 radical (unpaired) electrons. The molecular formula is C16H13F2N3O3. The third-order valence-corrected chi connectivity index (χ3v) is 3.66. The van der Waals surface area contributed by atoms with Crippen LogP contribution < -0.4 is 19.5 Å². The predicted molar refractivity (Wildman–Crippen MR) is 82.8 cm³/mol. The molecule has 0 fully saturated rings. The molecule has 0 saturated heterocycles. The SMILES string of the molecule is COc1ccc(Nc2c(C)[n+]([O-])c3cc(F)c(F)cc3[n+]2[O-])cc1. The first kappa shape index (κ1) is 15.7. The van der Waals surface area contributed by atoms with E-state index in [-0.39, 0.29) is 22.5 Å². The van der Waals surface area contributed by atoms with E-state index in [0.717, 1.165) is 0 Å². The number of hydrogen-bond acceptors (Lipinski definition) is 4. The molecule has 1 aromatic heterocycles. The molecule has 0 aliphatic carbocycles. The summed E-state index contributed by atoms with van der Waals surface area (Å²) in [5.74, 6) is -1.84. The van der Waals surface area contributed by atoms with Gasteiger partial charge in [0.25, 0.3) is 11.2 Å². The molecule has 3 rings (SSSR count). The highest BCUT2D eigenvalue weighted by Crippen LogP contribution is 2.21. The summed E-state index contributed by atoms with van der Waals surface area (Å²) in [7, 11) is 1.52. The summed E-state index contributed by atoms with van der Waals surface area (Å²) in [5.41, 5.74) is 0.0388. The molecule has 1 heterocycles. The second kappa shape index (κ2) is 5.80. The van der Waals surface area contributed by atoms with Crippen LogP contribution in [0.2, 0.25) is 0 Å². The van der Waals surface area contributed by atoms with Gasteiger partial charge in [0, 0.05) is 13.0 Å². The summed E-state index contributed by atoms with van der Waals surface area (Å²) in [5, 5.41) is 27.6. The van der Waals surface area contributed by atoms with Crippen LogP contribution in [0.3, 0.4) is 0 Å². The van der Waals surface area contributed by atoms with Gasteiger partial charge in [-0.15, -0.1) is 0 Å². The van der Waals surface area contributed by atoms with Crippen molar-refractivity contribution >= 4 is 22.5 Å². The highest BCUT2D eigenvalue weighted by molar-refractivity contribution is 5.70. The van der Waals surface area contributed by atoms with Crippen LogP contribution >= 0.6 is 0 Å². The van der Waals surface area contributed by atoms with Gasteiger partial charge in [-0.2, -0.15) is 4.73 Å². The maximum absolute atomic E-state index is 13.4. The van der Waals surface area contributed by atoms with E-state index in [2.05, 4.69) is 5.32 Å². The Morgan fingerprint density at radius 1 is 0.958 bits per heavy atom. The molecule has 2 aromatic carbocycles. The largest absolute Gasteiger partial charge is 0.710 e. The summed E-state index contributed by atoms with van der Waals surface area (Å²) in [6, 6.07) is 8.06. The van der Waals surface area contributed by atoms with Crippen LogP contribution in [0.1, 0.15) is 5.69 Å². The molecule has 0 spiro atoms. The maximum atomic E-state index is 13.4. The minimum atomic E-state index is -1.20. The van der Waals surface area contributed by atoms with Crippen molar-refractivity contribution in [1.29, 1.82) is 0 Å². The molecule has 0 aliphatic rings. The smallest absolute Gasteiger partial charge is 0.352 e. The third-order valence-electron chi connectivity index (χ3n) is 3.66. The number of nitrogens with one attached hydrogen (secondary N) is 1. The van der Waals surface area contributed by atoms with Crippen molar-refractivity contribution in [3.63, 3.8) is 0 Å². The second-order valence-corrected chi connectivity index (χ2v) is 5.13. The number of hydrogen-bond donors (Lipinski definition) is 1. The Morgan fingerprint density at radius 2 is 1.50 bits per heavy atom. The average molecular weight is 333 g/mol. The molecule has 0 saturated carbocycles. The van der Waals surface area contributed by atoms with E-state index in [4.69, 9.17) is 4.74 Å². The fourth-order valence-electron chi connectivity index (χ4n) is 2.35. The monoisotopic (exact) mass is 333 g/mol. The summed E-state index contributed by atoms with van der Waals surface area (Å²) >= 11 is 0. The number of ether oxygens (including phenoxy) is 1. The molecule has 6 nitrogen and oxygen atoms in total. The quantitative estimate of drug-likeness (QED) is 0.590. The van der Waals surface area contributed by atoms with Crippen LogP contribution in [0, 0.1) is 29.0 Å². The molecule has 0 aliphatic heterocycles. The van der Waals surface area contributed by atoms with Gasteiger partial charge in [-0.05, 0) is 24.3 Å². The van der Waals surface area contributed by atoms with E-state index in [9.17, 15) is 19.2 Å². The van der Waals surface area contributed by atoms with Gasteiger partial charge in [-0.25, -0.2) is 18.8 Å². The van der Waals surface area contributed by atoms with E-state index >= 15 is 0 Å². The molecule has 0 atom stereocenters. The fourth-order valence-corrected chi connectivity index (χ4v) is 2.35.